The van der Waals surface area contributed by atoms with Crippen molar-refractivity contribution in [3.63, 3.8) is 0 Å². The number of amides is 3. The minimum absolute atomic E-state index is 0.0233. The minimum Gasteiger partial charge on any atom is -0.497 e. The number of urea groups is 1. The lowest BCUT2D eigenvalue weighted by atomic mass is 10.1. The maximum Gasteiger partial charge on any atom is 0.325 e. The zero-order chi connectivity index (χ0) is 21.8. The number of para-hydroxylation sites is 1. The third-order valence-electron chi connectivity index (χ3n) is 5.50. The van der Waals surface area contributed by atoms with Gasteiger partial charge in [-0.05, 0) is 30.2 Å². The molecule has 0 bridgehead atoms. The SMILES string of the molecule is COc1ccc(OC)c(N2CCN(CC(=O)NCCc3c[nH]c4ccccc34)C2=O)c1. The average Bonchev–Trinajstić information content (AvgIpc) is 3.37. The summed E-state index contributed by atoms with van der Waals surface area (Å²) in [4.78, 5) is 31.7. The number of aromatic amines is 1. The molecule has 0 spiro atoms. The fourth-order valence-electron chi connectivity index (χ4n) is 3.86. The summed E-state index contributed by atoms with van der Waals surface area (Å²) in [6, 6.07) is 13.2. The van der Waals surface area contributed by atoms with Gasteiger partial charge in [0.15, 0.2) is 0 Å². The van der Waals surface area contributed by atoms with E-state index >= 15 is 0 Å². The molecule has 0 unspecified atom stereocenters. The summed E-state index contributed by atoms with van der Waals surface area (Å²) < 4.78 is 10.7. The number of benzene rings is 2. The Bertz CT molecular complexity index is 1090. The first kappa shape index (κ1) is 20.6. The number of H-pyrrole nitrogens is 1. The van der Waals surface area contributed by atoms with Crippen molar-refractivity contribution >= 4 is 28.5 Å². The second-order valence-corrected chi connectivity index (χ2v) is 7.35. The van der Waals surface area contributed by atoms with Gasteiger partial charge >= 0.3 is 6.03 Å². The fourth-order valence-corrected chi connectivity index (χ4v) is 3.86. The molecule has 3 amide bonds. The van der Waals surface area contributed by atoms with Crippen molar-refractivity contribution in [2.24, 2.45) is 0 Å². The minimum atomic E-state index is -0.224. The molecule has 3 aromatic rings. The Balaban J connectivity index is 1.33. The van der Waals surface area contributed by atoms with Gasteiger partial charge in [0.1, 0.15) is 18.0 Å². The normalized spacial score (nSPS) is 13.7. The molecule has 1 fully saturated rings. The topological polar surface area (TPSA) is 86.9 Å². The van der Waals surface area contributed by atoms with Gasteiger partial charge in [0.2, 0.25) is 5.91 Å². The van der Waals surface area contributed by atoms with E-state index in [1.165, 1.54) is 0 Å². The highest BCUT2D eigenvalue weighted by Gasteiger charge is 2.32. The molecule has 1 aliphatic rings. The largest absolute Gasteiger partial charge is 0.497 e. The number of carbonyl (C=O) groups excluding carboxylic acids is 2. The Morgan fingerprint density at radius 3 is 2.77 bits per heavy atom. The summed E-state index contributed by atoms with van der Waals surface area (Å²) in [5.41, 5.74) is 2.87. The number of nitrogens with one attached hydrogen (secondary N) is 2. The van der Waals surface area contributed by atoms with E-state index < -0.39 is 0 Å². The maximum atomic E-state index is 12.9. The van der Waals surface area contributed by atoms with Crippen molar-refractivity contribution < 1.29 is 19.1 Å². The standard InChI is InChI=1S/C23H26N4O4/c1-30-17-7-8-21(31-2)20(13-17)27-12-11-26(23(27)29)15-22(28)24-10-9-16-14-25-19-6-4-3-5-18(16)19/h3-8,13-14,25H,9-12,15H2,1-2H3,(H,24,28). The Morgan fingerprint density at radius 2 is 1.97 bits per heavy atom. The first-order valence-electron chi connectivity index (χ1n) is 10.2. The van der Waals surface area contributed by atoms with Crippen LogP contribution in [0.15, 0.2) is 48.7 Å². The number of hydrogen-bond donors (Lipinski definition) is 2. The van der Waals surface area contributed by atoms with Gasteiger partial charge in [0, 0.05) is 42.8 Å². The van der Waals surface area contributed by atoms with Crippen molar-refractivity contribution in [1.29, 1.82) is 0 Å². The van der Waals surface area contributed by atoms with Gasteiger partial charge in [0.05, 0.1) is 19.9 Å². The third kappa shape index (κ3) is 4.28. The van der Waals surface area contributed by atoms with E-state index in [2.05, 4.69) is 16.4 Å². The van der Waals surface area contributed by atoms with E-state index in [9.17, 15) is 9.59 Å². The number of ether oxygens (including phenoxy) is 2. The van der Waals surface area contributed by atoms with E-state index in [4.69, 9.17) is 9.47 Å². The summed E-state index contributed by atoms with van der Waals surface area (Å²) in [5.74, 6) is 1.05. The van der Waals surface area contributed by atoms with Gasteiger partial charge in [-0.3, -0.25) is 9.69 Å². The molecular formula is C23H26N4O4. The summed E-state index contributed by atoms with van der Waals surface area (Å²) in [7, 11) is 3.13. The summed E-state index contributed by atoms with van der Waals surface area (Å²) in [5, 5.41) is 4.08. The molecule has 1 aromatic heterocycles. The van der Waals surface area contributed by atoms with Crippen molar-refractivity contribution in [3.05, 3.63) is 54.2 Å². The molecule has 2 heterocycles. The molecule has 2 aromatic carbocycles. The molecule has 0 radical (unpaired) electrons. The highest BCUT2D eigenvalue weighted by molar-refractivity contribution is 5.98. The number of anilines is 1. The lowest BCUT2D eigenvalue weighted by Crippen LogP contribution is -2.40. The van der Waals surface area contributed by atoms with E-state index in [1.807, 2.05) is 24.4 Å². The van der Waals surface area contributed by atoms with Crippen LogP contribution in [0.5, 0.6) is 11.5 Å². The van der Waals surface area contributed by atoms with Crippen LogP contribution in [0.4, 0.5) is 10.5 Å². The summed E-state index contributed by atoms with van der Waals surface area (Å²) in [6.45, 7) is 1.48. The van der Waals surface area contributed by atoms with Crippen molar-refractivity contribution in [2.75, 3.05) is 45.3 Å². The summed E-state index contributed by atoms with van der Waals surface area (Å²) in [6.07, 6.45) is 2.69. The van der Waals surface area contributed by atoms with Crippen LogP contribution < -0.4 is 19.7 Å². The molecule has 8 nitrogen and oxygen atoms in total. The Kier molecular flexibility index (Phi) is 5.97. The van der Waals surface area contributed by atoms with Gasteiger partial charge in [-0.1, -0.05) is 18.2 Å². The second-order valence-electron chi connectivity index (χ2n) is 7.35. The number of rotatable bonds is 8. The highest BCUT2D eigenvalue weighted by atomic mass is 16.5. The number of carbonyl (C=O) groups is 2. The number of hydrogen-bond acceptors (Lipinski definition) is 4. The van der Waals surface area contributed by atoms with Gasteiger partial charge in [-0.25, -0.2) is 4.79 Å². The zero-order valence-corrected chi connectivity index (χ0v) is 17.7. The van der Waals surface area contributed by atoms with Crippen LogP contribution in [-0.2, 0) is 11.2 Å². The average molecular weight is 422 g/mol. The first-order chi connectivity index (χ1) is 15.1. The van der Waals surface area contributed by atoms with Crippen LogP contribution in [-0.4, -0.2) is 62.2 Å². The molecule has 0 saturated carbocycles. The fraction of sp³-hybridized carbons (Fsp3) is 0.304. The van der Waals surface area contributed by atoms with Gasteiger partial charge in [-0.15, -0.1) is 0 Å². The van der Waals surface area contributed by atoms with Crippen LogP contribution in [0.1, 0.15) is 5.56 Å². The van der Waals surface area contributed by atoms with Crippen molar-refractivity contribution in [1.82, 2.24) is 15.2 Å². The molecule has 31 heavy (non-hydrogen) atoms. The molecular weight excluding hydrogens is 396 g/mol. The van der Waals surface area contributed by atoms with Gasteiger partial charge in [-0.2, -0.15) is 0 Å². The maximum absolute atomic E-state index is 12.9. The molecule has 1 saturated heterocycles. The quantitative estimate of drug-likeness (QED) is 0.584. The van der Waals surface area contributed by atoms with E-state index in [0.29, 0.717) is 36.8 Å². The smallest absolute Gasteiger partial charge is 0.325 e. The monoisotopic (exact) mass is 422 g/mol. The Hall–Kier alpha value is -3.68. The van der Waals surface area contributed by atoms with Gasteiger partial charge < -0.3 is 24.7 Å². The zero-order valence-electron chi connectivity index (χ0n) is 17.7. The number of aromatic nitrogens is 1. The predicted molar refractivity (Wildman–Crippen MR) is 119 cm³/mol. The molecule has 2 N–H and O–H groups in total. The van der Waals surface area contributed by atoms with E-state index in [-0.39, 0.29) is 18.5 Å². The van der Waals surface area contributed by atoms with Gasteiger partial charge in [0.25, 0.3) is 0 Å². The third-order valence-corrected chi connectivity index (χ3v) is 5.50. The Labute approximate surface area is 180 Å². The first-order valence-corrected chi connectivity index (χ1v) is 10.2. The lowest BCUT2D eigenvalue weighted by Gasteiger charge is -2.21. The second kappa shape index (κ2) is 8.99. The molecule has 4 rings (SSSR count). The highest BCUT2D eigenvalue weighted by Crippen LogP contribution is 2.34. The number of fused-ring (bicyclic) bond motifs is 1. The van der Waals surface area contributed by atoms with Crippen molar-refractivity contribution in [3.8, 4) is 11.5 Å². The molecule has 8 heteroatoms. The number of nitrogens with zero attached hydrogens (tertiary/aromatic N) is 2. The van der Waals surface area contributed by atoms with Crippen molar-refractivity contribution in [2.45, 2.75) is 6.42 Å². The van der Waals surface area contributed by atoms with E-state index in [0.717, 1.165) is 22.9 Å². The van der Waals surface area contributed by atoms with Crippen LogP contribution >= 0.6 is 0 Å². The molecule has 1 aliphatic heterocycles. The lowest BCUT2D eigenvalue weighted by molar-refractivity contribution is -0.121. The predicted octanol–water partition coefficient (Wildman–Crippen LogP) is 2.79. The molecule has 0 aliphatic carbocycles. The summed E-state index contributed by atoms with van der Waals surface area (Å²) >= 11 is 0. The van der Waals surface area contributed by atoms with Crippen LogP contribution in [0.2, 0.25) is 0 Å². The molecule has 162 valence electrons. The number of methoxy groups -OCH3 is 2. The Morgan fingerprint density at radius 1 is 1.13 bits per heavy atom. The van der Waals surface area contributed by atoms with Crippen LogP contribution in [0.3, 0.4) is 0 Å². The van der Waals surface area contributed by atoms with E-state index in [1.54, 1.807) is 42.2 Å². The molecule has 0 atom stereocenters. The van der Waals surface area contributed by atoms with Crippen LogP contribution in [0, 0.1) is 0 Å². The van der Waals surface area contributed by atoms with Crippen LogP contribution in [0.25, 0.3) is 10.9 Å².